The lowest BCUT2D eigenvalue weighted by atomic mass is 9.90. The van der Waals surface area contributed by atoms with Gasteiger partial charge in [-0.05, 0) is 20.3 Å². The van der Waals surface area contributed by atoms with Crippen molar-refractivity contribution in [3.63, 3.8) is 0 Å². The molecule has 0 bridgehead atoms. The van der Waals surface area contributed by atoms with Crippen LogP contribution in [0.2, 0.25) is 0 Å². The van der Waals surface area contributed by atoms with E-state index in [-0.39, 0.29) is 17.8 Å². The molecule has 3 heteroatoms. The van der Waals surface area contributed by atoms with Crippen LogP contribution in [0.5, 0.6) is 0 Å². The molecule has 1 aliphatic rings. The highest BCUT2D eigenvalue weighted by Gasteiger charge is 2.33. The summed E-state index contributed by atoms with van der Waals surface area (Å²) in [6.45, 7) is 4.18. The number of Topliss-reactive ketones (excluding diaryl/α,β-unsaturated/α-hetero) is 1. The van der Waals surface area contributed by atoms with Gasteiger partial charge in [0.05, 0.1) is 12.2 Å². The van der Waals surface area contributed by atoms with Gasteiger partial charge in [0.2, 0.25) is 0 Å². The Labute approximate surface area is 72.3 Å². The van der Waals surface area contributed by atoms with E-state index in [1.54, 1.807) is 6.92 Å². The van der Waals surface area contributed by atoms with E-state index < -0.39 is 5.92 Å². The van der Waals surface area contributed by atoms with Gasteiger partial charge >= 0.3 is 0 Å². The smallest absolute Gasteiger partial charge is 0.155 e. The molecule has 3 unspecified atom stereocenters. The van der Waals surface area contributed by atoms with Crippen molar-refractivity contribution in [2.75, 3.05) is 6.61 Å². The van der Waals surface area contributed by atoms with Gasteiger partial charge in [-0.2, -0.15) is 5.26 Å². The molecule has 1 saturated heterocycles. The SMILES string of the molecule is CC(C#N)C(=O)C1CCOC1C. The number of carbonyl (C=O) groups excluding carboxylic acids is 1. The van der Waals surface area contributed by atoms with E-state index in [0.717, 1.165) is 6.42 Å². The van der Waals surface area contributed by atoms with Crippen LogP contribution in [0, 0.1) is 23.2 Å². The van der Waals surface area contributed by atoms with Crippen LogP contribution < -0.4 is 0 Å². The van der Waals surface area contributed by atoms with Crippen molar-refractivity contribution in [2.45, 2.75) is 26.4 Å². The van der Waals surface area contributed by atoms with E-state index in [4.69, 9.17) is 10.00 Å². The van der Waals surface area contributed by atoms with Crippen LogP contribution in [-0.4, -0.2) is 18.5 Å². The zero-order valence-electron chi connectivity index (χ0n) is 7.41. The number of hydrogen-bond donors (Lipinski definition) is 0. The molecule has 0 aromatic carbocycles. The fourth-order valence-corrected chi connectivity index (χ4v) is 1.49. The monoisotopic (exact) mass is 167 g/mol. The summed E-state index contributed by atoms with van der Waals surface area (Å²) in [5, 5.41) is 8.54. The highest BCUT2D eigenvalue weighted by Crippen LogP contribution is 2.23. The van der Waals surface area contributed by atoms with Gasteiger partial charge in [0, 0.05) is 12.5 Å². The standard InChI is InChI=1S/C9H13NO2/c1-6(5-10)9(11)8-3-4-12-7(8)2/h6-8H,3-4H2,1-2H3. The second-order valence-electron chi connectivity index (χ2n) is 3.22. The van der Waals surface area contributed by atoms with Crippen molar-refractivity contribution in [1.29, 1.82) is 5.26 Å². The van der Waals surface area contributed by atoms with Crippen LogP contribution in [0.4, 0.5) is 0 Å². The zero-order chi connectivity index (χ0) is 9.14. The quantitative estimate of drug-likeness (QED) is 0.619. The Balaban J connectivity index is 2.59. The molecule has 0 N–H and O–H groups in total. The van der Waals surface area contributed by atoms with Crippen LogP contribution in [0.15, 0.2) is 0 Å². The maximum absolute atomic E-state index is 11.5. The molecule has 1 rings (SSSR count). The highest BCUT2D eigenvalue weighted by molar-refractivity contribution is 5.85. The van der Waals surface area contributed by atoms with E-state index in [1.807, 2.05) is 13.0 Å². The molecule has 3 atom stereocenters. The minimum atomic E-state index is -0.487. The Kier molecular flexibility index (Phi) is 2.83. The number of nitriles is 1. The van der Waals surface area contributed by atoms with Crippen LogP contribution in [0.3, 0.4) is 0 Å². The van der Waals surface area contributed by atoms with Gasteiger partial charge in [-0.15, -0.1) is 0 Å². The van der Waals surface area contributed by atoms with Gasteiger partial charge in [-0.3, -0.25) is 4.79 Å². The number of carbonyl (C=O) groups is 1. The first-order chi connectivity index (χ1) is 5.66. The van der Waals surface area contributed by atoms with E-state index in [2.05, 4.69) is 0 Å². The molecule has 0 saturated carbocycles. The first-order valence-corrected chi connectivity index (χ1v) is 4.21. The maximum Gasteiger partial charge on any atom is 0.155 e. The summed E-state index contributed by atoms with van der Waals surface area (Å²) < 4.78 is 5.25. The molecule has 0 aliphatic carbocycles. The molecule has 66 valence electrons. The molecule has 0 spiro atoms. The molecule has 0 aromatic rings. The molecule has 1 heterocycles. The number of hydrogen-bond acceptors (Lipinski definition) is 3. The Hall–Kier alpha value is -0.880. The minimum Gasteiger partial charge on any atom is -0.378 e. The average Bonchev–Trinajstić information content (AvgIpc) is 2.48. The summed E-state index contributed by atoms with van der Waals surface area (Å²) in [5.41, 5.74) is 0. The molecule has 0 radical (unpaired) electrons. The van der Waals surface area contributed by atoms with Gasteiger partial charge in [0.25, 0.3) is 0 Å². The summed E-state index contributed by atoms with van der Waals surface area (Å²) >= 11 is 0. The minimum absolute atomic E-state index is 0.00620. The Morgan fingerprint density at radius 2 is 2.42 bits per heavy atom. The maximum atomic E-state index is 11.5. The molecule has 0 amide bonds. The van der Waals surface area contributed by atoms with Crippen molar-refractivity contribution in [3.05, 3.63) is 0 Å². The predicted octanol–water partition coefficient (Wildman–Crippen LogP) is 1.14. The fraction of sp³-hybridized carbons (Fsp3) is 0.778. The average molecular weight is 167 g/mol. The predicted molar refractivity (Wildman–Crippen MR) is 43.3 cm³/mol. The lowest BCUT2D eigenvalue weighted by molar-refractivity contribution is -0.126. The van der Waals surface area contributed by atoms with Crippen LogP contribution in [0.25, 0.3) is 0 Å². The Morgan fingerprint density at radius 3 is 2.83 bits per heavy atom. The molecule has 1 aliphatic heterocycles. The van der Waals surface area contributed by atoms with E-state index >= 15 is 0 Å². The lowest BCUT2D eigenvalue weighted by Gasteiger charge is -2.13. The first-order valence-electron chi connectivity index (χ1n) is 4.21. The van der Waals surface area contributed by atoms with Gasteiger partial charge < -0.3 is 4.74 Å². The normalized spacial score (nSPS) is 31.1. The number of nitrogens with zero attached hydrogens (tertiary/aromatic N) is 1. The second kappa shape index (κ2) is 3.68. The summed E-state index contributed by atoms with van der Waals surface area (Å²) in [6, 6.07) is 1.96. The molecular weight excluding hydrogens is 154 g/mol. The Morgan fingerprint density at radius 1 is 1.75 bits per heavy atom. The van der Waals surface area contributed by atoms with Crippen LogP contribution >= 0.6 is 0 Å². The summed E-state index contributed by atoms with van der Waals surface area (Å²) in [6.07, 6.45) is 0.764. The third-order valence-corrected chi connectivity index (χ3v) is 2.36. The van der Waals surface area contributed by atoms with Gasteiger partial charge in [-0.25, -0.2) is 0 Å². The summed E-state index contributed by atoms with van der Waals surface area (Å²) in [7, 11) is 0. The molecular formula is C9H13NO2. The van der Waals surface area contributed by atoms with Crippen molar-refractivity contribution in [3.8, 4) is 6.07 Å². The van der Waals surface area contributed by atoms with Gasteiger partial charge in [-0.1, -0.05) is 0 Å². The number of ether oxygens (including phenoxy) is 1. The largest absolute Gasteiger partial charge is 0.378 e. The van der Waals surface area contributed by atoms with Gasteiger partial charge in [0.15, 0.2) is 5.78 Å². The van der Waals surface area contributed by atoms with Crippen LogP contribution in [0.1, 0.15) is 20.3 Å². The topological polar surface area (TPSA) is 50.1 Å². The van der Waals surface area contributed by atoms with E-state index in [0.29, 0.717) is 6.61 Å². The van der Waals surface area contributed by atoms with E-state index in [9.17, 15) is 4.79 Å². The number of rotatable bonds is 2. The fourth-order valence-electron chi connectivity index (χ4n) is 1.49. The molecule has 3 nitrogen and oxygen atoms in total. The summed E-state index contributed by atoms with van der Waals surface area (Å²) in [5.74, 6) is -0.513. The van der Waals surface area contributed by atoms with E-state index in [1.165, 1.54) is 0 Å². The van der Waals surface area contributed by atoms with Crippen molar-refractivity contribution in [2.24, 2.45) is 11.8 Å². The van der Waals surface area contributed by atoms with Gasteiger partial charge in [0.1, 0.15) is 5.92 Å². The third-order valence-electron chi connectivity index (χ3n) is 2.36. The molecule has 12 heavy (non-hydrogen) atoms. The first kappa shape index (κ1) is 9.21. The molecule has 1 fully saturated rings. The second-order valence-corrected chi connectivity index (χ2v) is 3.22. The zero-order valence-corrected chi connectivity index (χ0v) is 7.41. The van der Waals surface area contributed by atoms with Crippen molar-refractivity contribution in [1.82, 2.24) is 0 Å². The Bertz CT molecular complexity index is 219. The number of ketones is 1. The summed E-state index contributed by atoms with van der Waals surface area (Å²) in [4.78, 5) is 11.5. The van der Waals surface area contributed by atoms with Crippen LogP contribution in [-0.2, 0) is 9.53 Å². The van der Waals surface area contributed by atoms with Crippen molar-refractivity contribution >= 4 is 5.78 Å². The van der Waals surface area contributed by atoms with Crippen molar-refractivity contribution < 1.29 is 9.53 Å². The third kappa shape index (κ3) is 1.64. The molecule has 0 aromatic heterocycles. The highest BCUT2D eigenvalue weighted by atomic mass is 16.5. The lowest BCUT2D eigenvalue weighted by Crippen LogP contribution is -2.26.